The molecule has 0 aromatic rings. The second-order valence-corrected chi connectivity index (χ2v) is 7.56. The van der Waals surface area contributed by atoms with Gasteiger partial charge in [-0.15, -0.1) is 0 Å². The van der Waals surface area contributed by atoms with E-state index in [0.717, 1.165) is 37.1 Å². The van der Waals surface area contributed by atoms with Crippen molar-refractivity contribution in [3.8, 4) is 0 Å². The van der Waals surface area contributed by atoms with Crippen molar-refractivity contribution in [2.75, 3.05) is 7.05 Å². The van der Waals surface area contributed by atoms with Crippen molar-refractivity contribution in [2.24, 2.45) is 11.3 Å². The maximum absolute atomic E-state index is 11.9. The minimum absolute atomic E-state index is 0.181. The summed E-state index contributed by atoms with van der Waals surface area (Å²) < 4.78 is 5.35. The molecule has 2 fully saturated rings. The van der Waals surface area contributed by atoms with Gasteiger partial charge < -0.3 is 15.4 Å². The van der Waals surface area contributed by atoms with Crippen LogP contribution >= 0.6 is 12.2 Å². The largest absolute Gasteiger partial charge is 0.444 e. The van der Waals surface area contributed by atoms with Crippen LogP contribution in [-0.2, 0) is 4.74 Å². The lowest BCUT2D eigenvalue weighted by atomic mass is 9.73. The molecule has 0 radical (unpaired) electrons. The highest BCUT2D eigenvalue weighted by molar-refractivity contribution is 7.80. The summed E-state index contributed by atoms with van der Waals surface area (Å²) in [5, 5.41) is 6.21. The molecule has 2 bridgehead atoms. The molecule has 0 heterocycles. The van der Waals surface area contributed by atoms with Crippen molar-refractivity contribution >= 4 is 23.3 Å². The van der Waals surface area contributed by atoms with E-state index in [1.807, 2.05) is 27.8 Å². The fourth-order valence-electron chi connectivity index (χ4n) is 3.64. The molecule has 2 aliphatic carbocycles. The highest BCUT2D eigenvalue weighted by Crippen LogP contribution is 2.51. The Morgan fingerprint density at radius 2 is 1.95 bits per heavy atom. The van der Waals surface area contributed by atoms with E-state index in [-0.39, 0.29) is 17.6 Å². The summed E-state index contributed by atoms with van der Waals surface area (Å²) in [7, 11) is 1.91. The number of fused-ring (bicyclic) bond motifs is 2. The average molecular weight is 298 g/mol. The molecule has 3 atom stereocenters. The molecule has 2 saturated carbocycles. The minimum Gasteiger partial charge on any atom is -0.444 e. The lowest BCUT2D eigenvalue weighted by Crippen LogP contribution is -2.47. The molecule has 4 nitrogen and oxygen atoms in total. The summed E-state index contributed by atoms with van der Waals surface area (Å²) in [4.78, 5) is 12.9. The zero-order valence-electron chi connectivity index (χ0n) is 12.9. The SMILES string of the molecule is CNC(=S)C12CCC(C1)[C@@H](NC(=O)OC(C)(C)C)CC2. The molecule has 0 saturated heterocycles. The predicted octanol–water partition coefficient (Wildman–Crippen LogP) is 3.01. The van der Waals surface area contributed by atoms with E-state index in [1.165, 1.54) is 0 Å². The molecular formula is C15H26N2O2S. The molecule has 2 rings (SSSR count). The number of hydrogen-bond acceptors (Lipinski definition) is 3. The number of alkyl carbamates (subject to hydrolysis) is 1. The summed E-state index contributed by atoms with van der Waals surface area (Å²) >= 11 is 5.49. The Bertz CT molecular complexity index is 405. The third kappa shape index (κ3) is 3.25. The molecule has 5 heteroatoms. The number of nitrogens with one attached hydrogen (secondary N) is 2. The molecule has 2 aliphatic rings. The van der Waals surface area contributed by atoms with E-state index in [9.17, 15) is 4.79 Å². The Hall–Kier alpha value is -0.840. The molecule has 1 amide bonds. The van der Waals surface area contributed by atoms with Crippen LogP contribution in [0.3, 0.4) is 0 Å². The van der Waals surface area contributed by atoms with Crippen LogP contribution in [0.25, 0.3) is 0 Å². The second-order valence-electron chi connectivity index (χ2n) is 7.15. The molecular weight excluding hydrogens is 272 g/mol. The molecule has 0 aliphatic heterocycles. The van der Waals surface area contributed by atoms with Crippen LogP contribution in [-0.4, -0.2) is 29.8 Å². The van der Waals surface area contributed by atoms with Crippen molar-refractivity contribution in [1.82, 2.24) is 10.6 Å². The van der Waals surface area contributed by atoms with E-state index in [2.05, 4.69) is 10.6 Å². The highest BCUT2D eigenvalue weighted by atomic mass is 32.1. The maximum Gasteiger partial charge on any atom is 0.407 e. The molecule has 2 unspecified atom stereocenters. The second kappa shape index (κ2) is 5.51. The lowest BCUT2D eigenvalue weighted by molar-refractivity contribution is 0.0467. The first-order valence-electron chi connectivity index (χ1n) is 7.47. The standard InChI is InChI=1S/C15H26N2O2S/c1-14(2,3)19-13(18)17-11-6-8-15(12(20)16-4)7-5-10(11)9-15/h10-11H,5-9H2,1-4H3,(H,16,20)(H,17,18)/t10?,11-,15?/m0/s1. The molecule has 114 valence electrons. The van der Waals surface area contributed by atoms with Gasteiger partial charge in [0.05, 0.1) is 4.99 Å². The van der Waals surface area contributed by atoms with Crippen molar-refractivity contribution in [3.05, 3.63) is 0 Å². The summed E-state index contributed by atoms with van der Waals surface area (Å²) in [6, 6.07) is 0.236. The van der Waals surface area contributed by atoms with Crippen LogP contribution in [0.1, 0.15) is 52.9 Å². The normalized spacial score (nSPS) is 32.6. The highest BCUT2D eigenvalue weighted by Gasteiger charge is 2.48. The quantitative estimate of drug-likeness (QED) is 0.770. The van der Waals surface area contributed by atoms with Gasteiger partial charge in [-0.3, -0.25) is 0 Å². The summed E-state index contributed by atoms with van der Waals surface area (Å²) in [6.07, 6.45) is 5.13. The molecule has 2 N–H and O–H groups in total. The first kappa shape index (κ1) is 15.5. The number of carbonyl (C=O) groups excluding carboxylic acids is 1. The van der Waals surface area contributed by atoms with Crippen LogP contribution in [0.15, 0.2) is 0 Å². The summed E-state index contributed by atoms with van der Waals surface area (Å²) in [5.74, 6) is 0.530. The predicted molar refractivity (Wildman–Crippen MR) is 83.8 cm³/mol. The van der Waals surface area contributed by atoms with Gasteiger partial charge in [0.15, 0.2) is 0 Å². The van der Waals surface area contributed by atoms with Gasteiger partial charge in [-0.05, 0) is 58.8 Å². The van der Waals surface area contributed by atoms with Gasteiger partial charge in [-0.25, -0.2) is 4.79 Å². The monoisotopic (exact) mass is 298 g/mol. The van der Waals surface area contributed by atoms with Crippen molar-refractivity contribution in [2.45, 2.75) is 64.5 Å². The zero-order valence-corrected chi connectivity index (χ0v) is 13.7. The summed E-state index contributed by atoms with van der Waals surface area (Å²) in [5.41, 5.74) is -0.257. The van der Waals surface area contributed by atoms with Gasteiger partial charge in [-0.2, -0.15) is 0 Å². The third-order valence-corrected chi connectivity index (χ3v) is 5.20. The van der Waals surface area contributed by atoms with Gasteiger partial charge in [0.1, 0.15) is 5.60 Å². The van der Waals surface area contributed by atoms with Crippen molar-refractivity contribution in [3.63, 3.8) is 0 Å². The Morgan fingerprint density at radius 3 is 2.55 bits per heavy atom. The summed E-state index contributed by atoms with van der Waals surface area (Å²) in [6.45, 7) is 5.66. The van der Waals surface area contributed by atoms with Gasteiger partial charge in [-0.1, -0.05) is 12.2 Å². The fourth-order valence-corrected chi connectivity index (χ4v) is 3.93. The van der Waals surface area contributed by atoms with E-state index in [1.54, 1.807) is 0 Å². The number of carbonyl (C=O) groups is 1. The van der Waals surface area contributed by atoms with E-state index in [4.69, 9.17) is 17.0 Å². The van der Waals surface area contributed by atoms with Gasteiger partial charge >= 0.3 is 6.09 Å². The Balaban J connectivity index is 1.93. The molecule has 0 spiro atoms. The smallest absolute Gasteiger partial charge is 0.407 e. The van der Waals surface area contributed by atoms with E-state index >= 15 is 0 Å². The fraction of sp³-hybridized carbons (Fsp3) is 0.867. The lowest BCUT2D eigenvalue weighted by Gasteiger charge is -2.38. The number of rotatable bonds is 2. The Morgan fingerprint density at radius 1 is 1.30 bits per heavy atom. The first-order valence-corrected chi connectivity index (χ1v) is 7.88. The number of thiocarbonyl (C=S) groups is 1. The van der Waals surface area contributed by atoms with Crippen molar-refractivity contribution in [1.29, 1.82) is 0 Å². The average Bonchev–Trinajstić information content (AvgIpc) is 2.70. The van der Waals surface area contributed by atoms with E-state index in [0.29, 0.717) is 5.92 Å². The molecule has 0 aromatic carbocycles. The van der Waals surface area contributed by atoms with Gasteiger partial charge in [0.25, 0.3) is 0 Å². The first-order chi connectivity index (χ1) is 9.26. The third-order valence-electron chi connectivity index (χ3n) is 4.56. The topological polar surface area (TPSA) is 50.4 Å². The van der Waals surface area contributed by atoms with E-state index < -0.39 is 5.60 Å². The number of hydrogen-bond donors (Lipinski definition) is 2. The molecule has 20 heavy (non-hydrogen) atoms. The number of amides is 1. The minimum atomic E-state index is -0.439. The van der Waals surface area contributed by atoms with Crippen LogP contribution in [0.4, 0.5) is 4.79 Å². The Kier molecular flexibility index (Phi) is 4.28. The van der Waals surface area contributed by atoms with Crippen LogP contribution in [0.5, 0.6) is 0 Å². The van der Waals surface area contributed by atoms with Gasteiger partial charge in [0, 0.05) is 18.5 Å². The van der Waals surface area contributed by atoms with Crippen molar-refractivity contribution < 1.29 is 9.53 Å². The zero-order chi connectivity index (χ0) is 15.0. The Labute approximate surface area is 127 Å². The maximum atomic E-state index is 11.9. The van der Waals surface area contributed by atoms with Crippen LogP contribution in [0, 0.1) is 11.3 Å². The van der Waals surface area contributed by atoms with Gasteiger partial charge in [0.2, 0.25) is 0 Å². The molecule has 0 aromatic heterocycles. The van der Waals surface area contributed by atoms with Crippen LogP contribution in [0.2, 0.25) is 0 Å². The number of ether oxygens (including phenoxy) is 1. The van der Waals surface area contributed by atoms with Crippen LogP contribution < -0.4 is 10.6 Å².